The molecule has 0 N–H and O–H groups in total. The number of benzene rings is 2. The van der Waals surface area contributed by atoms with Gasteiger partial charge in [0.2, 0.25) is 0 Å². The van der Waals surface area contributed by atoms with Gasteiger partial charge in [0.05, 0.1) is 0 Å². The van der Waals surface area contributed by atoms with E-state index in [0.717, 1.165) is 4.47 Å². The van der Waals surface area contributed by atoms with Crippen LogP contribution in [0.4, 0.5) is 0 Å². The minimum Gasteiger partial charge on any atom is -0.300 e. The summed E-state index contributed by atoms with van der Waals surface area (Å²) in [6.07, 6.45) is 0.534. The molecule has 1 atom stereocenters. The average Bonchev–Trinajstić information content (AvgIpc) is 2.38. The second kappa shape index (κ2) is 5.96. The second-order valence-corrected chi connectivity index (χ2v) is 5.25. The number of rotatable bonds is 4. The number of carbonyl (C=O) groups excluding carboxylic acids is 1. The molecule has 1 unspecified atom stereocenters. The van der Waals surface area contributed by atoms with Gasteiger partial charge in [0.15, 0.2) is 0 Å². The van der Waals surface area contributed by atoms with E-state index < -0.39 is 0 Å². The Labute approximate surface area is 116 Å². The number of hydrogen-bond acceptors (Lipinski definition) is 1. The molecule has 0 spiro atoms. The number of ketones is 1. The van der Waals surface area contributed by atoms with Gasteiger partial charge in [-0.15, -0.1) is 0 Å². The minimum absolute atomic E-state index is 0.124. The van der Waals surface area contributed by atoms with Crippen LogP contribution in [-0.4, -0.2) is 5.78 Å². The Kier molecular flexibility index (Phi) is 4.32. The van der Waals surface area contributed by atoms with Gasteiger partial charge in [-0.2, -0.15) is 0 Å². The summed E-state index contributed by atoms with van der Waals surface area (Å²) in [5, 5.41) is 0. The number of Topliss-reactive ketones (excluding diaryl/α,β-unsaturated/α-hetero) is 1. The molecule has 0 aromatic heterocycles. The fourth-order valence-electron chi connectivity index (χ4n) is 2.14. The SMILES string of the molecule is CC(=O)CC(c1ccccc1)c1ccccc1Br. The Bertz CT molecular complexity index is 534. The van der Waals surface area contributed by atoms with E-state index in [-0.39, 0.29) is 11.7 Å². The van der Waals surface area contributed by atoms with Crippen LogP contribution in [-0.2, 0) is 4.79 Å². The molecule has 92 valence electrons. The fraction of sp³-hybridized carbons (Fsp3) is 0.188. The Balaban J connectivity index is 2.44. The molecule has 2 rings (SSSR count). The summed E-state index contributed by atoms with van der Waals surface area (Å²) in [6, 6.07) is 18.3. The van der Waals surface area contributed by atoms with Crippen molar-refractivity contribution in [2.24, 2.45) is 0 Å². The molecule has 0 fully saturated rings. The Morgan fingerprint density at radius 1 is 1.06 bits per heavy atom. The maximum absolute atomic E-state index is 11.5. The first kappa shape index (κ1) is 13.0. The third kappa shape index (κ3) is 3.08. The van der Waals surface area contributed by atoms with Crippen molar-refractivity contribution >= 4 is 21.7 Å². The van der Waals surface area contributed by atoms with Crippen molar-refractivity contribution < 1.29 is 4.79 Å². The van der Waals surface area contributed by atoms with E-state index in [1.54, 1.807) is 6.92 Å². The lowest BCUT2D eigenvalue weighted by molar-refractivity contribution is -0.117. The lowest BCUT2D eigenvalue weighted by Gasteiger charge is -2.18. The number of hydrogen-bond donors (Lipinski definition) is 0. The van der Waals surface area contributed by atoms with Gasteiger partial charge < -0.3 is 0 Å². The number of carbonyl (C=O) groups is 1. The Hall–Kier alpha value is -1.41. The standard InChI is InChI=1S/C16H15BrO/c1-12(18)11-15(13-7-3-2-4-8-13)14-9-5-6-10-16(14)17/h2-10,15H,11H2,1H3. The summed E-state index contributed by atoms with van der Waals surface area (Å²) < 4.78 is 1.06. The lowest BCUT2D eigenvalue weighted by Crippen LogP contribution is -2.06. The normalized spacial score (nSPS) is 12.1. The van der Waals surface area contributed by atoms with Crippen LogP contribution in [0.5, 0.6) is 0 Å². The van der Waals surface area contributed by atoms with Crippen molar-refractivity contribution in [2.75, 3.05) is 0 Å². The summed E-state index contributed by atoms with van der Waals surface area (Å²) in [7, 11) is 0. The van der Waals surface area contributed by atoms with Crippen molar-refractivity contribution in [3.63, 3.8) is 0 Å². The van der Waals surface area contributed by atoms with Crippen molar-refractivity contribution in [3.8, 4) is 0 Å². The highest BCUT2D eigenvalue weighted by atomic mass is 79.9. The van der Waals surface area contributed by atoms with Crippen LogP contribution in [0.2, 0.25) is 0 Å². The molecule has 0 amide bonds. The highest BCUT2D eigenvalue weighted by Gasteiger charge is 2.18. The Morgan fingerprint density at radius 2 is 1.67 bits per heavy atom. The van der Waals surface area contributed by atoms with E-state index in [4.69, 9.17) is 0 Å². The molecule has 0 aliphatic carbocycles. The molecule has 0 aliphatic heterocycles. The molecule has 0 radical (unpaired) electrons. The van der Waals surface area contributed by atoms with Gasteiger partial charge in [0, 0.05) is 16.8 Å². The lowest BCUT2D eigenvalue weighted by atomic mass is 9.87. The van der Waals surface area contributed by atoms with Gasteiger partial charge >= 0.3 is 0 Å². The zero-order valence-electron chi connectivity index (χ0n) is 10.3. The van der Waals surface area contributed by atoms with Crippen LogP contribution in [0.1, 0.15) is 30.4 Å². The summed E-state index contributed by atoms with van der Waals surface area (Å²) >= 11 is 3.57. The summed E-state index contributed by atoms with van der Waals surface area (Å²) in [5.74, 6) is 0.332. The first-order chi connectivity index (χ1) is 8.68. The van der Waals surface area contributed by atoms with Gasteiger partial charge in [-0.3, -0.25) is 4.79 Å². The zero-order chi connectivity index (χ0) is 13.0. The van der Waals surface area contributed by atoms with E-state index in [0.29, 0.717) is 6.42 Å². The molecule has 2 heteroatoms. The van der Waals surface area contributed by atoms with E-state index in [1.807, 2.05) is 36.4 Å². The largest absolute Gasteiger partial charge is 0.300 e. The van der Waals surface area contributed by atoms with E-state index in [9.17, 15) is 4.79 Å². The smallest absolute Gasteiger partial charge is 0.130 e. The molecule has 2 aromatic rings. The Morgan fingerprint density at radius 3 is 2.28 bits per heavy atom. The third-order valence-corrected chi connectivity index (χ3v) is 3.70. The maximum Gasteiger partial charge on any atom is 0.130 e. The fourth-order valence-corrected chi connectivity index (χ4v) is 2.70. The topological polar surface area (TPSA) is 17.1 Å². The molecule has 0 heterocycles. The molecule has 18 heavy (non-hydrogen) atoms. The molecule has 1 nitrogen and oxygen atoms in total. The summed E-state index contributed by atoms with van der Waals surface area (Å²) in [4.78, 5) is 11.5. The molecule has 0 aliphatic rings. The second-order valence-electron chi connectivity index (χ2n) is 4.39. The van der Waals surface area contributed by atoms with Gasteiger partial charge in [0.25, 0.3) is 0 Å². The summed E-state index contributed by atoms with van der Waals surface area (Å²) in [6.45, 7) is 1.65. The van der Waals surface area contributed by atoms with Crippen molar-refractivity contribution in [1.82, 2.24) is 0 Å². The van der Waals surface area contributed by atoms with Crippen LogP contribution in [0, 0.1) is 0 Å². The van der Waals surface area contributed by atoms with E-state index in [1.165, 1.54) is 11.1 Å². The monoisotopic (exact) mass is 302 g/mol. The van der Waals surface area contributed by atoms with Crippen LogP contribution in [0.25, 0.3) is 0 Å². The van der Waals surface area contributed by atoms with Crippen LogP contribution < -0.4 is 0 Å². The molecule has 0 bridgehead atoms. The van der Waals surface area contributed by atoms with Crippen molar-refractivity contribution in [1.29, 1.82) is 0 Å². The summed E-state index contributed by atoms with van der Waals surface area (Å²) in [5.41, 5.74) is 2.35. The van der Waals surface area contributed by atoms with Gasteiger partial charge in [-0.1, -0.05) is 64.5 Å². The molecular formula is C16H15BrO. The van der Waals surface area contributed by atoms with Gasteiger partial charge in [0.1, 0.15) is 5.78 Å². The predicted molar refractivity (Wildman–Crippen MR) is 77.7 cm³/mol. The number of halogens is 1. The molecular weight excluding hydrogens is 288 g/mol. The highest BCUT2D eigenvalue weighted by Crippen LogP contribution is 2.33. The first-order valence-corrected chi connectivity index (χ1v) is 6.76. The molecule has 0 saturated carbocycles. The van der Waals surface area contributed by atoms with Crippen LogP contribution in [0.3, 0.4) is 0 Å². The quantitative estimate of drug-likeness (QED) is 0.809. The van der Waals surface area contributed by atoms with Crippen molar-refractivity contribution in [2.45, 2.75) is 19.3 Å². The highest BCUT2D eigenvalue weighted by molar-refractivity contribution is 9.10. The average molecular weight is 303 g/mol. The van der Waals surface area contributed by atoms with E-state index >= 15 is 0 Å². The predicted octanol–water partition coefficient (Wildman–Crippen LogP) is 4.56. The van der Waals surface area contributed by atoms with Crippen molar-refractivity contribution in [3.05, 3.63) is 70.2 Å². The molecule has 2 aromatic carbocycles. The van der Waals surface area contributed by atoms with Crippen LogP contribution in [0.15, 0.2) is 59.1 Å². The minimum atomic E-state index is 0.124. The third-order valence-electron chi connectivity index (χ3n) is 2.97. The first-order valence-electron chi connectivity index (χ1n) is 5.97. The van der Waals surface area contributed by atoms with Crippen LogP contribution >= 0.6 is 15.9 Å². The van der Waals surface area contributed by atoms with Gasteiger partial charge in [-0.05, 0) is 24.1 Å². The zero-order valence-corrected chi connectivity index (χ0v) is 11.9. The van der Waals surface area contributed by atoms with E-state index in [2.05, 4.69) is 34.1 Å². The van der Waals surface area contributed by atoms with Gasteiger partial charge in [-0.25, -0.2) is 0 Å². The molecule has 0 saturated heterocycles. The maximum atomic E-state index is 11.5.